The zero-order chi connectivity index (χ0) is 13.1. The fraction of sp³-hybridized carbons (Fsp3) is 0. The van der Waals surface area contributed by atoms with Crippen LogP contribution in [0.5, 0.6) is 11.5 Å². The Bertz CT molecular complexity index is 637. The maximum absolute atomic E-state index is 13.6. The van der Waals surface area contributed by atoms with Crippen LogP contribution in [0.2, 0.25) is 5.02 Å². The highest BCUT2D eigenvalue weighted by molar-refractivity contribution is 6.30. The van der Waals surface area contributed by atoms with E-state index in [2.05, 4.69) is 0 Å². The average molecular weight is 263 g/mol. The number of hydrogen-bond donors (Lipinski definition) is 1. The number of nitriles is 1. The largest absolute Gasteiger partial charge is 0.453 e. The Labute approximate surface area is 108 Å². The lowest BCUT2D eigenvalue weighted by molar-refractivity contribution is 0.441. The molecule has 0 fully saturated rings. The third-order valence-electron chi connectivity index (χ3n) is 2.26. The summed E-state index contributed by atoms with van der Waals surface area (Å²) in [7, 11) is 0. The first-order valence-electron chi connectivity index (χ1n) is 5.03. The molecule has 0 aliphatic rings. The molecule has 5 heteroatoms. The molecule has 18 heavy (non-hydrogen) atoms. The minimum Gasteiger partial charge on any atom is -0.453 e. The summed E-state index contributed by atoms with van der Waals surface area (Å²) in [4.78, 5) is 0. The van der Waals surface area contributed by atoms with E-state index in [1.807, 2.05) is 6.07 Å². The molecule has 0 aliphatic carbocycles. The first-order valence-corrected chi connectivity index (χ1v) is 5.41. The van der Waals surface area contributed by atoms with Gasteiger partial charge in [0, 0.05) is 5.69 Å². The quantitative estimate of drug-likeness (QED) is 0.839. The van der Waals surface area contributed by atoms with E-state index in [1.54, 1.807) is 12.1 Å². The second-order valence-corrected chi connectivity index (χ2v) is 3.93. The van der Waals surface area contributed by atoms with Crippen molar-refractivity contribution in [2.45, 2.75) is 0 Å². The Kier molecular flexibility index (Phi) is 3.35. The van der Waals surface area contributed by atoms with E-state index in [0.717, 1.165) is 0 Å². The van der Waals surface area contributed by atoms with Crippen molar-refractivity contribution < 1.29 is 9.13 Å². The molecule has 0 radical (unpaired) electrons. The van der Waals surface area contributed by atoms with Gasteiger partial charge in [0.2, 0.25) is 0 Å². The van der Waals surface area contributed by atoms with E-state index in [0.29, 0.717) is 5.69 Å². The third-order valence-corrected chi connectivity index (χ3v) is 2.55. The van der Waals surface area contributed by atoms with Crippen molar-refractivity contribution in [1.82, 2.24) is 0 Å². The molecule has 2 rings (SSSR count). The first-order chi connectivity index (χ1) is 8.61. The number of nitrogens with zero attached hydrogens (tertiary/aromatic N) is 1. The van der Waals surface area contributed by atoms with Crippen molar-refractivity contribution in [2.75, 3.05) is 5.73 Å². The number of anilines is 1. The number of ether oxygens (including phenoxy) is 1. The van der Waals surface area contributed by atoms with Crippen LogP contribution in [0.15, 0.2) is 36.4 Å². The summed E-state index contributed by atoms with van der Waals surface area (Å²) in [6, 6.07) is 10.9. The summed E-state index contributed by atoms with van der Waals surface area (Å²) in [5, 5.41) is 8.90. The van der Waals surface area contributed by atoms with Gasteiger partial charge < -0.3 is 10.5 Å². The van der Waals surface area contributed by atoms with Crippen LogP contribution >= 0.6 is 11.6 Å². The lowest BCUT2D eigenvalue weighted by atomic mass is 10.2. The highest BCUT2D eigenvalue weighted by Crippen LogP contribution is 2.31. The van der Waals surface area contributed by atoms with Crippen molar-refractivity contribution in [3.63, 3.8) is 0 Å². The van der Waals surface area contributed by atoms with Gasteiger partial charge in [-0.15, -0.1) is 0 Å². The summed E-state index contributed by atoms with van der Waals surface area (Å²) in [6.45, 7) is 0. The van der Waals surface area contributed by atoms with Crippen LogP contribution in [0, 0.1) is 17.1 Å². The molecule has 2 aromatic rings. The highest BCUT2D eigenvalue weighted by atomic mass is 35.5. The van der Waals surface area contributed by atoms with E-state index in [9.17, 15) is 4.39 Å². The van der Waals surface area contributed by atoms with E-state index >= 15 is 0 Å². The molecular formula is C13H8ClFN2O. The number of nitrogens with two attached hydrogens (primary N) is 1. The predicted molar refractivity (Wildman–Crippen MR) is 67.1 cm³/mol. The summed E-state index contributed by atoms with van der Waals surface area (Å²) in [5.41, 5.74) is 6.22. The molecule has 0 saturated heterocycles. The molecule has 0 saturated carbocycles. The second-order valence-electron chi connectivity index (χ2n) is 3.52. The van der Waals surface area contributed by atoms with Gasteiger partial charge in [0.15, 0.2) is 11.6 Å². The van der Waals surface area contributed by atoms with Crippen molar-refractivity contribution in [3.05, 3.63) is 52.8 Å². The average Bonchev–Trinajstić information content (AvgIpc) is 2.37. The molecule has 2 N–H and O–H groups in total. The Morgan fingerprint density at radius 1 is 1.22 bits per heavy atom. The third kappa shape index (κ3) is 2.36. The molecule has 0 unspecified atom stereocenters. The predicted octanol–water partition coefficient (Wildman–Crippen LogP) is 3.73. The van der Waals surface area contributed by atoms with Crippen LogP contribution in [-0.2, 0) is 0 Å². The van der Waals surface area contributed by atoms with Crippen LogP contribution in [0.4, 0.5) is 10.1 Å². The number of halogens is 2. The minimum atomic E-state index is -0.667. The fourth-order valence-electron chi connectivity index (χ4n) is 1.41. The monoisotopic (exact) mass is 262 g/mol. The van der Waals surface area contributed by atoms with Gasteiger partial charge in [-0.05, 0) is 30.3 Å². The molecular weight excluding hydrogens is 255 g/mol. The van der Waals surface area contributed by atoms with Crippen LogP contribution in [-0.4, -0.2) is 0 Å². The van der Waals surface area contributed by atoms with Gasteiger partial charge in [0.05, 0.1) is 10.6 Å². The van der Waals surface area contributed by atoms with Gasteiger partial charge in [0.1, 0.15) is 11.8 Å². The zero-order valence-corrected chi connectivity index (χ0v) is 9.91. The Morgan fingerprint density at radius 3 is 2.72 bits per heavy atom. The van der Waals surface area contributed by atoms with Crippen LogP contribution < -0.4 is 10.5 Å². The number of rotatable bonds is 2. The van der Waals surface area contributed by atoms with Crippen LogP contribution in [0.25, 0.3) is 0 Å². The summed E-state index contributed by atoms with van der Waals surface area (Å²) < 4.78 is 19.0. The van der Waals surface area contributed by atoms with E-state index in [-0.39, 0.29) is 22.1 Å². The Balaban J connectivity index is 2.41. The SMILES string of the molecule is N#Cc1cc(N)ccc1Oc1cccc(Cl)c1F. The lowest BCUT2D eigenvalue weighted by Crippen LogP contribution is -1.93. The smallest absolute Gasteiger partial charge is 0.184 e. The maximum Gasteiger partial charge on any atom is 0.184 e. The van der Waals surface area contributed by atoms with E-state index in [4.69, 9.17) is 27.3 Å². The van der Waals surface area contributed by atoms with Crippen LogP contribution in [0.1, 0.15) is 5.56 Å². The topological polar surface area (TPSA) is 59.0 Å². The normalized spacial score (nSPS) is 9.83. The molecule has 0 bridgehead atoms. The standard InChI is InChI=1S/C13H8ClFN2O/c14-10-2-1-3-12(13(10)15)18-11-5-4-9(17)6-8(11)7-16/h1-6H,17H2. The van der Waals surface area contributed by atoms with Crippen molar-refractivity contribution in [1.29, 1.82) is 5.26 Å². The summed E-state index contributed by atoms with van der Waals surface area (Å²) in [5.74, 6) is -0.475. The van der Waals surface area contributed by atoms with Crippen LogP contribution in [0.3, 0.4) is 0 Å². The molecule has 0 aromatic heterocycles. The van der Waals surface area contributed by atoms with Gasteiger partial charge in [-0.1, -0.05) is 17.7 Å². The van der Waals surface area contributed by atoms with Gasteiger partial charge in [-0.3, -0.25) is 0 Å². The van der Waals surface area contributed by atoms with Gasteiger partial charge >= 0.3 is 0 Å². The maximum atomic E-state index is 13.6. The lowest BCUT2D eigenvalue weighted by Gasteiger charge is -2.09. The molecule has 0 spiro atoms. The minimum absolute atomic E-state index is 0.0382. The second kappa shape index (κ2) is 4.94. The first kappa shape index (κ1) is 12.2. The number of benzene rings is 2. The number of hydrogen-bond acceptors (Lipinski definition) is 3. The molecule has 0 amide bonds. The Hall–Kier alpha value is -2.25. The van der Waals surface area contributed by atoms with Crippen molar-refractivity contribution in [3.8, 4) is 17.6 Å². The molecule has 90 valence electrons. The summed E-state index contributed by atoms with van der Waals surface area (Å²) >= 11 is 5.64. The Morgan fingerprint density at radius 2 is 2.00 bits per heavy atom. The zero-order valence-electron chi connectivity index (χ0n) is 9.15. The van der Waals surface area contributed by atoms with E-state index < -0.39 is 5.82 Å². The fourth-order valence-corrected chi connectivity index (χ4v) is 1.57. The molecule has 3 nitrogen and oxygen atoms in total. The molecule has 0 atom stereocenters. The molecule has 0 heterocycles. The van der Waals surface area contributed by atoms with Crippen molar-refractivity contribution in [2.24, 2.45) is 0 Å². The van der Waals surface area contributed by atoms with Gasteiger partial charge in [0.25, 0.3) is 0 Å². The van der Waals surface area contributed by atoms with Gasteiger partial charge in [-0.25, -0.2) is 4.39 Å². The molecule has 0 aliphatic heterocycles. The van der Waals surface area contributed by atoms with Crippen molar-refractivity contribution >= 4 is 17.3 Å². The molecule has 2 aromatic carbocycles. The summed E-state index contributed by atoms with van der Waals surface area (Å²) in [6.07, 6.45) is 0. The van der Waals surface area contributed by atoms with Gasteiger partial charge in [-0.2, -0.15) is 5.26 Å². The number of nitrogen functional groups attached to an aromatic ring is 1. The van der Waals surface area contributed by atoms with E-state index in [1.165, 1.54) is 24.3 Å². The highest BCUT2D eigenvalue weighted by Gasteiger charge is 2.11.